The lowest BCUT2D eigenvalue weighted by Gasteiger charge is -2.39. The molecule has 1 aromatic heterocycles. The first-order valence-corrected chi connectivity index (χ1v) is 10.9. The number of amidine groups is 1. The Hall–Kier alpha value is -1.85. The predicted molar refractivity (Wildman–Crippen MR) is 116 cm³/mol. The minimum atomic E-state index is 0.304. The van der Waals surface area contributed by atoms with Crippen LogP contribution in [0.2, 0.25) is 0 Å². The number of piperazine rings is 1. The molecule has 1 saturated heterocycles. The van der Waals surface area contributed by atoms with Gasteiger partial charge in [0.25, 0.3) is 0 Å². The summed E-state index contributed by atoms with van der Waals surface area (Å²) in [6, 6.07) is 4.67. The fourth-order valence-corrected chi connectivity index (χ4v) is 4.64. The molecule has 5 heteroatoms. The number of thiophene rings is 1. The van der Waals surface area contributed by atoms with Gasteiger partial charge in [0.1, 0.15) is 0 Å². The molecule has 144 valence electrons. The van der Waals surface area contributed by atoms with E-state index in [4.69, 9.17) is 4.99 Å². The van der Waals surface area contributed by atoms with E-state index >= 15 is 0 Å². The number of nitrogens with zero attached hydrogens (tertiary/aromatic N) is 4. The van der Waals surface area contributed by atoms with Gasteiger partial charge in [-0.3, -0.25) is 9.89 Å². The minimum absolute atomic E-state index is 0.304. The van der Waals surface area contributed by atoms with Gasteiger partial charge in [0.2, 0.25) is 0 Å². The molecule has 0 aromatic carbocycles. The molecule has 0 aliphatic carbocycles. The van der Waals surface area contributed by atoms with Gasteiger partial charge in [-0.15, -0.1) is 11.3 Å². The van der Waals surface area contributed by atoms with Crippen LogP contribution >= 0.6 is 11.3 Å². The van der Waals surface area contributed by atoms with Crippen LogP contribution in [0.1, 0.15) is 31.6 Å². The van der Waals surface area contributed by atoms with Gasteiger partial charge in [0.05, 0.1) is 22.3 Å². The summed E-state index contributed by atoms with van der Waals surface area (Å²) in [6.07, 6.45) is 11.4. The van der Waals surface area contributed by atoms with Crippen LogP contribution < -0.4 is 0 Å². The first kappa shape index (κ1) is 18.5. The quantitative estimate of drug-likeness (QED) is 0.763. The van der Waals surface area contributed by atoms with Crippen molar-refractivity contribution in [2.75, 3.05) is 33.2 Å². The van der Waals surface area contributed by atoms with E-state index in [0.717, 1.165) is 44.9 Å². The maximum absolute atomic E-state index is 5.18. The zero-order valence-corrected chi connectivity index (χ0v) is 17.5. The van der Waals surface area contributed by atoms with E-state index in [9.17, 15) is 0 Å². The van der Waals surface area contributed by atoms with Crippen molar-refractivity contribution in [3.8, 4) is 0 Å². The molecular formula is C22H30N4S. The van der Waals surface area contributed by atoms with Crippen LogP contribution in [0.25, 0.3) is 5.70 Å². The number of aliphatic imine (C=N–C) groups is 1. The van der Waals surface area contributed by atoms with Crippen LogP contribution in [0.15, 0.2) is 52.6 Å². The first-order valence-electron chi connectivity index (χ1n) is 10.0. The normalized spacial score (nSPS) is 27.1. The predicted octanol–water partition coefficient (Wildman–Crippen LogP) is 4.27. The average molecular weight is 383 g/mol. The van der Waals surface area contributed by atoms with Gasteiger partial charge in [-0.25, -0.2) is 0 Å². The first-order chi connectivity index (χ1) is 13.1. The highest BCUT2D eigenvalue weighted by atomic mass is 32.1. The summed E-state index contributed by atoms with van der Waals surface area (Å²) in [5.41, 5.74) is 2.59. The van der Waals surface area contributed by atoms with E-state index in [0.29, 0.717) is 12.0 Å². The van der Waals surface area contributed by atoms with E-state index in [1.807, 2.05) is 11.3 Å². The number of likely N-dealkylation sites (N-methyl/N-ethyl adjacent to an activating group) is 1. The molecule has 0 amide bonds. The summed E-state index contributed by atoms with van der Waals surface area (Å²) in [4.78, 5) is 13.8. The largest absolute Gasteiger partial charge is 0.366 e. The van der Waals surface area contributed by atoms with E-state index < -0.39 is 0 Å². The topological polar surface area (TPSA) is 22.1 Å². The summed E-state index contributed by atoms with van der Waals surface area (Å²) in [7, 11) is 2.21. The Morgan fingerprint density at radius 1 is 1.07 bits per heavy atom. The van der Waals surface area contributed by atoms with Crippen LogP contribution in [0.3, 0.4) is 0 Å². The number of allylic oxidation sites excluding steroid dienone is 2. The molecule has 27 heavy (non-hydrogen) atoms. The van der Waals surface area contributed by atoms with Gasteiger partial charge in [0, 0.05) is 32.4 Å². The standard InChI is InChI=1S/C22H30N4S/c1-17-8-9-19(25-13-11-24(3)12-14-25)22-23-18(2)6-4-10-26(22)20(16-17)21-7-5-15-27-21/h4-5,7,9-10,15-18H,6,8,11-14H2,1-3H3. The second kappa shape index (κ2) is 8.03. The lowest BCUT2D eigenvalue weighted by Crippen LogP contribution is -2.47. The van der Waals surface area contributed by atoms with Crippen molar-refractivity contribution < 1.29 is 0 Å². The van der Waals surface area contributed by atoms with Gasteiger partial charge in [-0.2, -0.15) is 0 Å². The van der Waals surface area contributed by atoms with Crippen molar-refractivity contribution >= 4 is 22.9 Å². The van der Waals surface area contributed by atoms with E-state index in [-0.39, 0.29) is 0 Å². The third-order valence-corrected chi connectivity index (χ3v) is 6.43. The number of rotatable bonds is 2. The molecule has 3 aliphatic heterocycles. The molecule has 0 radical (unpaired) electrons. The molecule has 2 atom stereocenters. The highest BCUT2D eigenvalue weighted by Gasteiger charge is 2.28. The molecule has 1 fully saturated rings. The fraction of sp³-hybridized carbons (Fsp3) is 0.500. The van der Waals surface area contributed by atoms with Crippen molar-refractivity contribution in [3.05, 3.63) is 52.5 Å². The second-order valence-corrected chi connectivity index (χ2v) is 8.86. The SMILES string of the molecule is CC1C=C(c2cccs2)N2C=CCC(C)N=C2C(N2CCN(C)CC2)=CC1. The highest BCUT2D eigenvalue weighted by molar-refractivity contribution is 7.11. The van der Waals surface area contributed by atoms with Gasteiger partial charge < -0.3 is 9.80 Å². The Bertz CT molecular complexity index is 766. The zero-order valence-electron chi connectivity index (χ0n) is 16.6. The van der Waals surface area contributed by atoms with Crippen molar-refractivity contribution in [1.82, 2.24) is 14.7 Å². The van der Waals surface area contributed by atoms with Gasteiger partial charge >= 0.3 is 0 Å². The highest BCUT2D eigenvalue weighted by Crippen LogP contribution is 2.33. The molecule has 4 nitrogen and oxygen atoms in total. The number of hydrogen-bond acceptors (Lipinski definition) is 5. The summed E-state index contributed by atoms with van der Waals surface area (Å²) < 4.78 is 0. The Kier molecular flexibility index (Phi) is 5.50. The molecule has 2 unspecified atom stereocenters. The summed E-state index contributed by atoms with van der Waals surface area (Å²) in [5, 5.41) is 2.16. The van der Waals surface area contributed by atoms with Crippen LogP contribution in [0.5, 0.6) is 0 Å². The second-order valence-electron chi connectivity index (χ2n) is 7.91. The van der Waals surface area contributed by atoms with Crippen LogP contribution in [-0.2, 0) is 0 Å². The maximum atomic E-state index is 5.18. The Morgan fingerprint density at radius 2 is 1.89 bits per heavy atom. The van der Waals surface area contributed by atoms with Gasteiger partial charge in [-0.05, 0) is 44.2 Å². The third-order valence-electron chi connectivity index (χ3n) is 5.53. The molecule has 0 saturated carbocycles. The molecule has 1 aromatic rings. The molecule has 0 spiro atoms. The Balaban J connectivity index is 1.77. The van der Waals surface area contributed by atoms with Crippen molar-refractivity contribution in [3.63, 3.8) is 0 Å². The zero-order chi connectivity index (χ0) is 18.8. The van der Waals surface area contributed by atoms with Crippen LogP contribution in [0, 0.1) is 5.92 Å². The monoisotopic (exact) mass is 382 g/mol. The molecule has 4 rings (SSSR count). The van der Waals surface area contributed by atoms with E-state index in [1.165, 1.54) is 16.3 Å². The molecule has 3 aliphatic rings. The lowest BCUT2D eigenvalue weighted by molar-refractivity contribution is 0.190. The number of fused-ring (bicyclic) bond motifs is 1. The number of hydrogen-bond donors (Lipinski definition) is 0. The van der Waals surface area contributed by atoms with Gasteiger partial charge in [0.15, 0.2) is 5.84 Å². The maximum Gasteiger partial charge on any atom is 0.156 e. The smallest absolute Gasteiger partial charge is 0.156 e. The summed E-state index contributed by atoms with van der Waals surface area (Å²) in [6.45, 7) is 8.90. The Labute approximate surface area is 167 Å². The van der Waals surface area contributed by atoms with E-state index in [2.05, 4.69) is 77.5 Å². The van der Waals surface area contributed by atoms with Crippen molar-refractivity contribution in [1.29, 1.82) is 0 Å². The Morgan fingerprint density at radius 3 is 2.63 bits per heavy atom. The van der Waals surface area contributed by atoms with Gasteiger partial charge in [-0.1, -0.05) is 31.2 Å². The minimum Gasteiger partial charge on any atom is -0.366 e. The average Bonchev–Trinajstić information content (AvgIpc) is 3.11. The molecule has 0 N–H and O–H groups in total. The van der Waals surface area contributed by atoms with Crippen molar-refractivity contribution in [2.24, 2.45) is 10.9 Å². The third kappa shape index (κ3) is 4.04. The molecule has 0 bridgehead atoms. The van der Waals surface area contributed by atoms with Crippen molar-refractivity contribution in [2.45, 2.75) is 32.7 Å². The van der Waals surface area contributed by atoms with Crippen LogP contribution in [0.4, 0.5) is 0 Å². The van der Waals surface area contributed by atoms with Crippen LogP contribution in [-0.4, -0.2) is 59.8 Å². The fourth-order valence-electron chi connectivity index (χ4n) is 3.89. The summed E-state index contributed by atoms with van der Waals surface area (Å²) >= 11 is 1.81. The molecule has 4 heterocycles. The molecular weight excluding hydrogens is 352 g/mol. The summed E-state index contributed by atoms with van der Waals surface area (Å²) in [5.74, 6) is 1.62. The lowest BCUT2D eigenvalue weighted by atomic mass is 10.0. The van der Waals surface area contributed by atoms with E-state index in [1.54, 1.807) is 0 Å².